The van der Waals surface area contributed by atoms with Crippen LogP contribution in [0.3, 0.4) is 0 Å². The number of halogens is 2. The number of hydrogen-bond donors (Lipinski definition) is 0. The van der Waals surface area contributed by atoms with Crippen LogP contribution in [-0.4, -0.2) is 6.29 Å². The van der Waals surface area contributed by atoms with Crippen molar-refractivity contribution in [2.75, 3.05) is 0 Å². The van der Waals surface area contributed by atoms with E-state index in [2.05, 4.69) is 0 Å². The Morgan fingerprint density at radius 2 is 1.59 bits per heavy atom. The van der Waals surface area contributed by atoms with Crippen molar-refractivity contribution in [3.05, 3.63) is 59.7 Å². The van der Waals surface area contributed by atoms with Crippen molar-refractivity contribution in [1.82, 2.24) is 0 Å². The Hall–Kier alpha value is -1.68. The van der Waals surface area contributed by atoms with Crippen LogP contribution in [0.2, 0.25) is 0 Å². The average Bonchev–Trinajstić information content (AvgIpc) is 2.35. The van der Waals surface area contributed by atoms with E-state index in [0.29, 0.717) is 6.29 Å². The highest BCUT2D eigenvalue weighted by Gasteiger charge is 2.14. The van der Waals surface area contributed by atoms with Crippen LogP contribution in [0.5, 0.6) is 0 Å². The van der Waals surface area contributed by atoms with Crippen molar-refractivity contribution in [3.63, 3.8) is 0 Å². The number of hydrogen-bond acceptors (Lipinski definition) is 2. The fourth-order valence-corrected chi connectivity index (χ4v) is 2.32. The fourth-order valence-electron chi connectivity index (χ4n) is 1.37. The molecule has 2 aromatic carbocycles. The van der Waals surface area contributed by atoms with Gasteiger partial charge in [0.15, 0.2) is 6.29 Å². The molecular weight excluding hydrogens is 242 g/mol. The Kier molecular flexibility index (Phi) is 3.54. The van der Waals surface area contributed by atoms with E-state index in [1.807, 2.05) is 6.07 Å². The van der Waals surface area contributed by atoms with Gasteiger partial charge in [-0.3, -0.25) is 4.79 Å². The van der Waals surface area contributed by atoms with Crippen molar-refractivity contribution in [3.8, 4) is 0 Å². The van der Waals surface area contributed by atoms with Crippen LogP contribution in [0, 0.1) is 11.6 Å². The van der Waals surface area contributed by atoms with Crippen molar-refractivity contribution in [1.29, 1.82) is 0 Å². The van der Waals surface area contributed by atoms with E-state index in [0.717, 1.165) is 28.8 Å². The third-order valence-corrected chi connectivity index (χ3v) is 3.30. The van der Waals surface area contributed by atoms with Crippen LogP contribution in [-0.2, 0) is 0 Å². The molecule has 0 N–H and O–H groups in total. The van der Waals surface area contributed by atoms with E-state index in [1.54, 1.807) is 24.3 Å². The molecular formula is C13H8F2OS. The molecule has 0 fully saturated rings. The van der Waals surface area contributed by atoms with Gasteiger partial charge in [0.2, 0.25) is 0 Å². The molecule has 0 spiro atoms. The molecule has 2 aromatic rings. The zero-order chi connectivity index (χ0) is 12.3. The van der Waals surface area contributed by atoms with Gasteiger partial charge in [-0.05, 0) is 24.3 Å². The Morgan fingerprint density at radius 3 is 2.24 bits per heavy atom. The first-order valence-corrected chi connectivity index (χ1v) is 5.70. The van der Waals surface area contributed by atoms with Gasteiger partial charge in [-0.1, -0.05) is 30.0 Å². The lowest BCUT2D eigenvalue weighted by atomic mass is 10.2. The normalized spacial score (nSPS) is 10.2. The average molecular weight is 250 g/mol. The molecule has 0 unspecified atom stereocenters. The Bertz CT molecular complexity index is 541. The summed E-state index contributed by atoms with van der Waals surface area (Å²) in [4.78, 5) is 11.5. The molecule has 0 atom stereocenters. The molecule has 0 aliphatic rings. The highest BCUT2D eigenvalue weighted by atomic mass is 32.2. The number of carbonyl (C=O) groups excluding carboxylic acids is 1. The second-order valence-electron chi connectivity index (χ2n) is 3.30. The molecule has 0 heterocycles. The topological polar surface area (TPSA) is 17.1 Å². The third kappa shape index (κ3) is 2.53. The Balaban J connectivity index is 2.45. The second-order valence-corrected chi connectivity index (χ2v) is 4.39. The van der Waals surface area contributed by atoms with Crippen LogP contribution in [0.1, 0.15) is 10.4 Å². The molecule has 0 bridgehead atoms. The molecule has 0 aromatic heterocycles. The summed E-state index contributed by atoms with van der Waals surface area (Å²) >= 11 is 1.03. The van der Waals surface area contributed by atoms with E-state index in [9.17, 15) is 13.6 Å². The Labute approximate surface area is 101 Å². The number of benzene rings is 2. The van der Waals surface area contributed by atoms with Gasteiger partial charge >= 0.3 is 0 Å². The van der Waals surface area contributed by atoms with Crippen molar-refractivity contribution in [2.24, 2.45) is 0 Å². The fraction of sp³-hybridized carbons (Fsp3) is 0. The predicted octanol–water partition coefficient (Wildman–Crippen LogP) is 3.93. The SMILES string of the molecule is O=Cc1c(F)ccc(F)c1Sc1ccccc1. The van der Waals surface area contributed by atoms with Crippen LogP contribution < -0.4 is 0 Å². The molecule has 2 rings (SSSR count). The van der Waals surface area contributed by atoms with Crippen molar-refractivity contribution >= 4 is 18.0 Å². The summed E-state index contributed by atoms with van der Waals surface area (Å²) in [6.07, 6.45) is 0.337. The van der Waals surface area contributed by atoms with Crippen molar-refractivity contribution < 1.29 is 13.6 Å². The summed E-state index contributed by atoms with van der Waals surface area (Å²) in [7, 11) is 0. The lowest BCUT2D eigenvalue weighted by Gasteiger charge is -2.06. The Morgan fingerprint density at radius 1 is 0.941 bits per heavy atom. The van der Waals surface area contributed by atoms with Gasteiger partial charge in [0, 0.05) is 4.90 Å². The van der Waals surface area contributed by atoms with Gasteiger partial charge in [-0.15, -0.1) is 0 Å². The van der Waals surface area contributed by atoms with Crippen LogP contribution in [0.15, 0.2) is 52.3 Å². The summed E-state index contributed by atoms with van der Waals surface area (Å²) in [5.41, 5.74) is -0.237. The summed E-state index contributed by atoms with van der Waals surface area (Å²) in [6.45, 7) is 0. The smallest absolute Gasteiger partial charge is 0.154 e. The molecule has 4 heteroatoms. The summed E-state index contributed by atoms with van der Waals surface area (Å²) in [5.74, 6) is -1.30. The third-order valence-electron chi connectivity index (χ3n) is 2.18. The zero-order valence-electron chi connectivity index (χ0n) is 8.69. The molecule has 1 nitrogen and oxygen atoms in total. The highest BCUT2D eigenvalue weighted by molar-refractivity contribution is 7.99. The zero-order valence-corrected chi connectivity index (χ0v) is 9.51. The molecule has 0 amide bonds. The van der Waals surface area contributed by atoms with E-state index in [-0.39, 0.29) is 10.5 Å². The first-order chi connectivity index (χ1) is 8.22. The van der Waals surface area contributed by atoms with Crippen LogP contribution in [0.25, 0.3) is 0 Å². The maximum atomic E-state index is 13.6. The first kappa shape index (κ1) is 11.8. The number of carbonyl (C=O) groups is 1. The molecule has 17 heavy (non-hydrogen) atoms. The largest absolute Gasteiger partial charge is 0.298 e. The minimum atomic E-state index is -0.708. The lowest BCUT2D eigenvalue weighted by molar-refractivity contribution is 0.111. The predicted molar refractivity (Wildman–Crippen MR) is 62.3 cm³/mol. The maximum Gasteiger partial charge on any atom is 0.154 e. The minimum Gasteiger partial charge on any atom is -0.298 e. The summed E-state index contributed by atoms with van der Waals surface area (Å²) in [5, 5.41) is 0. The minimum absolute atomic E-state index is 0.0196. The quantitative estimate of drug-likeness (QED) is 0.768. The molecule has 86 valence electrons. The number of aldehydes is 1. The van der Waals surface area contributed by atoms with Gasteiger partial charge in [-0.2, -0.15) is 0 Å². The second kappa shape index (κ2) is 5.10. The van der Waals surface area contributed by atoms with Crippen molar-refractivity contribution in [2.45, 2.75) is 9.79 Å². The number of rotatable bonds is 3. The van der Waals surface area contributed by atoms with E-state index in [1.165, 1.54) is 0 Å². The molecule has 0 aliphatic carbocycles. The van der Waals surface area contributed by atoms with Crippen LogP contribution in [0.4, 0.5) is 8.78 Å². The monoisotopic (exact) mass is 250 g/mol. The van der Waals surface area contributed by atoms with E-state index >= 15 is 0 Å². The van der Waals surface area contributed by atoms with Gasteiger partial charge in [0.25, 0.3) is 0 Å². The van der Waals surface area contributed by atoms with Gasteiger partial charge in [0.1, 0.15) is 11.6 Å². The molecule has 0 aliphatic heterocycles. The first-order valence-electron chi connectivity index (χ1n) is 4.88. The highest BCUT2D eigenvalue weighted by Crippen LogP contribution is 2.32. The van der Waals surface area contributed by atoms with E-state index < -0.39 is 11.6 Å². The summed E-state index contributed by atoms with van der Waals surface area (Å²) < 4.78 is 26.9. The molecule has 0 saturated carbocycles. The van der Waals surface area contributed by atoms with Gasteiger partial charge in [0.05, 0.1) is 10.5 Å². The standard InChI is InChI=1S/C13H8F2OS/c14-11-6-7-12(15)13(10(11)8-16)17-9-4-2-1-3-5-9/h1-8H. The maximum absolute atomic E-state index is 13.6. The van der Waals surface area contributed by atoms with E-state index in [4.69, 9.17) is 0 Å². The summed E-state index contributed by atoms with van der Waals surface area (Å²) in [6, 6.07) is 10.9. The molecule has 0 saturated heterocycles. The lowest BCUT2D eigenvalue weighted by Crippen LogP contribution is -1.94. The van der Waals surface area contributed by atoms with Gasteiger partial charge in [-0.25, -0.2) is 8.78 Å². The molecule has 0 radical (unpaired) electrons. The van der Waals surface area contributed by atoms with Gasteiger partial charge < -0.3 is 0 Å². The van der Waals surface area contributed by atoms with Crippen LogP contribution >= 0.6 is 11.8 Å².